The van der Waals surface area contributed by atoms with Crippen LogP contribution in [0, 0.1) is 0 Å². The van der Waals surface area contributed by atoms with Crippen molar-refractivity contribution in [3.63, 3.8) is 0 Å². The summed E-state index contributed by atoms with van der Waals surface area (Å²) in [6, 6.07) is -1.09. The quantitative estimate of drug-likeness (QED) is 0.448. The van der Waals surface area contributed by atoms with Crippen LogP contribution in [0.5, 0.6) is 0 Å². The van der Waals surface area contributed by atoms with Crippen molar-refractivity contribution in [3.05, 3.63) is 0 Å². The van der Waals surface area contributed by atoms with Crippen LogP contribution < -0.4 is 5.32 Å². The predicted octanol–water partition coefficient (Wildman–Crippen LogP) is -1.34. The van der Waals surface area contributed by atoms with E-state index in [9.17, 15) is 19.8 Å². The monoisotopic (exact) mass is 305 g/mol. The molecule has 0 aromatic rings. The molecule has 0 spiro atoms. The average Bonchev–Trinajstić information content (AvgIpc) is 2.43. The van der Waals surface area contributed by atoms with Crippen molar-refractivity contribution in [2.75, 3.05) is 6.61 Å². The van der Waals surface area contributed by atoms with Gasteiger partial charge >= 0.3 is 5.97 Å². The molecule has 1 saturated heterocycles. The fourth-order valence-corrected chi connectivity index (χ4v) is 2.14. The number of amides is 1. The zero-order valence-corrected chi connectivity index (χ0v) is 12.2. The fourth-order valence-electron chi connectivity index (χ4n) is 2.14. The molecule has 0 radical (unpaired) electrons. The fraction of sp³-hybridized carbons (Fsp3) is 0.846. The van der Waals surface area contributed by atoms with Crippen LogP contribution in [0.3, 0.4) is 0 Å². The second kappa shape index (κ2) is 8.28. The predicted molar refractivity (Wildman–Crippen MR) is 71.0 cm³/mol. The van der Waals surface area contributed by atoms with Crippen molar-refractivity contribution in [1.82, 2.24) is 5.32 Å². The molecule has 0 aliphatic carbocycles. The van der Waals surface area contributed by atoms with Crippen LogP contribution in [-0.4, -0.2) is 64.4 Å². The summed E-state index contributed by atoms with van der Waals surface area (Å²) in [4.78, 5) is 22.9. The molecule has 0 bridgehead atoms. The molecule has 0 aromatic heterocycles. The average molecular weight is 305 g/mol. The van der Waals surface area contributed by atoms with Gasteiger partial charge in [0.05, 0.1) is 6.61 Å². The van der Waals surface area contributed by atoms with Gasteiger partial charge in [0.25, 0.3) is 0 Å². The first-order valence-electron chi connectivity index (χ1n) is 6.99. The third kappa shape index (κ3) is 4.92. The number of carbonyl (C=O) groups excluding carboxylic acids is 2. The van der Waals surface area contributed by atoms with Gasteiger partial charge in [-0.2, -0.15) is 0 Å². The summed E-state index contributed by atoms with van der Waals surface area (Å²) in [5, 5.41) is 31.4. The number of nitrogens with one attached hydrogen (secondary N) is 1. The molecule has 8 heteroatoms. The molecule has 0 saturated carbocycles. The molecular weight excluding hydrogens is 282 g/mol. The number of hydrogen-bond donors (Lipinski definition) is 4. The first-order chi connectivity index (χ1) is 9.90. The van der Waals surface area contributed by atoms with Crippen molar-refractivity contribution < 1.29 is 34.4 Å². The molecule has 122 valence electrons. The largest absolute Gasteiger partial charge is 0.457 e. The summed E-state index contributed by atoms with van der Waals surface area (Å²) in [6.45, 7) is 2.60. The van der Waals surface area contributed by atoms with Gasteiger partial charge in [-0.15, -0.1) is 0 Å². The van der Waals surface area contributed by atoms with Gasteiger partial charge in [0.15, 0.2) is 12.4 Å². The minimum Gasteiger partial charge on any atom is -0.457 e. The number of rotatable bonds is 6. The Bertz CT molecular complexity index is 362. The van der Waals surface area contributed by atoms with Gasteiger partial charge in [-0.25, -0.2) is 0 Å². The number of hydrogen-bond acceptors (Lipinski definition) is 7. The molecule has 1 heterocycles. The van der Waals surface area contributed by atoms with Gasteiger partial charge in [0, 0.05) is 13.3 Å². The summed E-state index contributed by atoms with van der Waals surface area (Å²) in [5.41, 5.74) is 0. The van der Waals surface area contributed by atoms with Crippen LogP contribution in [0.2, 0.25) is 0 Å². The van der Waals surface area contributed by atoms with Gasteiger partial charge in [-0.3, -0.25) is 9.59 Å². The summed E-state index contributed by atoms with van der Waals surface area (Å²) in [5.74, 6) is -1.01. The zero-order valence-electron chi connectivity index (χ0n) is 12.2. The topological polar surface area (TPSA) is 125 Å². The van der Waals surface area contributed by atoms with Crippen molar-refractivity contribution in [2.45, 2.75) is 63.8 Å². The van der Waals surface area contributed by atoms with Crippen LogP contribution >= 0.6 is 0 Å². The second-order valence-corrected chi connectivity index (χ2v) is 5.02. The third-order valence-corrected chi connectivity index (χ3v) is 3.24. The molecular formula is C13H23NO7. The van der Waals surface area contributed by atoms with E-state index in [1.165, 1.54) is 6.92 Å². The number of aliphatic hydroxyl groups is 3. The summed E-state index contributed by atoms with van der Waals surface area (Å²) in [7, 11) is 0. The van der Waals surface area contributed by atoms with E-state index in [4.69, 9.17) is 14.6 Å². The Balaban J connectivity index is 2.82. The third-order valence-electron chi connectivity index (χ3n) is 3.24. The Hall–Kier alpha value is -1.22. The molecule has 1 aliphatic rings. The zero-order chi connectivity index (χ0) is 16.0. The molecule has 1 rings (SSSR count). The molecule has 4 N–H and O–H groups in total. The van der Waals surface area contributed by atoms with E-state index in [1.54, 1.807) is 0 Å². The Morgan fingerprint density at radius 1 is 1.33 bits per heavy atom. The molecule has 21 heavy (non-hydrogen) atoms. The highest BCUT2D eigenvalue weighted by Crippen LogP contribution is 2.23. The Morgan fingerprint density at radius 2 is 2.00 bits per heavy atom. The van der Waals surface area contributed by atoms with Crippen molar-refractivity contribution in [2.24, 2.45) is 0 Å². The second-order valence-electron chi connectivity index (χ2n) is 5.02. The lowest BCUT2D eigenvalue weighted by Gasteiger charge is -2.41. The van der Waals surface area contributed by atoms with Crippen LogP contribution in [-0.2, 0) is 19.1 Å². The number of aliphatic hydroxyl groups excluding tert-OH is 3. The summed E-state index contributed by atoms with van der Waals surface area (Å²) >= 11 is 0. The molecule has 5 atom stereocenters. The van der Waals surface area contributed by atoms with Crippen molar-refractivity contribution in [1.29, 1.82) is 0 Å². The highest BCUT2D eigenvalue weighted by Gasteiger charge is 2.47. The van der Waals surface area contributed by atoms with Crippen molar-refractivity contribution in [3.8, 4) is 0 Å². The van der Waals surface area contributed by atoms with E-state index >= 15 is 0 Å². The van der Waals surface area contributed by atoms with Gasteiger partial charge in [0.1, 0.15) is 18.2 Å². The normalized spacial score (nSPS) is 32.5. The number of carbonyl (C=O) groups is 2. The molecule has 1 aliphatic heterocycles. The van der Waals surface area contributed by atoms with Gasteiger partial charge in [-0.05, 0) is 6.42 Å². The number of esters is 1. The van der Waals surface area contributed by atoms with Crippen LogP contribution in [0.15, 0.2) is 0 Å². The van der Waals surface area contributed by atoms with E-state index in [0.29, 0.717) is 6.42 Å². The lowest BCUT2D eigenvalue weighted by molar-refractivity contribution is -0.258. The first-order valence-corrected chi connectivity index (χ1v) is 6.99. The lowest BCUT2D eigenvalue weighted by atomic mass is 9.96. The molecule has 8 nitrogen and oxygen atoms in total. The minimum absolute atomic E-state index is 0.174. The Kier molecular flexibility index (Phi) is 7.03. The van der Waals surface area contributed by atoms with Crippen LogP contribution in [0.4, 0.5) is 0 Å². The molecule has 1 fully saturated rings. The smallest absolute Gasteiger partial charge is 0.306 e. The van der Waals surface area contributed by atoms with Crippen LogP contribution in [0.1, 0.15) is 33.1 Å². The van der Waals surface area contributed by atoms with E-state index in [1.807, 2.05) is 6.92 Å². The van der Waals surface area contributed by atoms with E-state index in [-0.39, 0.29) is 6.42 Å². The number of ether oxygens (including phenoxy) is 2. The van der Waals surface area contributed by atoms with Gasteiger partial charge in [-0.1, -0.05) is 13.3 Å². The highest BCUT2D eigenvalue weighted by atomic mass is 16.6. The SMILES string of the molecule is CCCCC(=O)O[C@H]1[C@H](O)[C@@H](CO)O[C@H](O)[C@H]1NC(C)=O. The molecule has 0 unspecified atom stereocenters. The van der Waals surface area contributed by atoms with Gasteiger partial charge in [0.2, 0.25) is 5.91 Å². The van der Waals surface area contributed by atoms with Crippen molar-refractivity contribution >= 4 is 11.9 Å². The highest BCUT2D eigenvalue weighted by molar-refractivity contribution is 5.73. The molecule has 1 amide bonds. The first kappa shape index (κ1) is 17.8. The van der Waals surface area contributed by atoms with E-state index in [0.717, 1.165) is 6.42 Å². The summed E-state index contributed by atoms with van der Waals surface area (Å²) in [6.07, 6.45) is -3.49. The maximum absolute atomic E-state index is 11.7. The Morgan fingerprint density at radius 3 is 2.52 bits per heavy atom. The van der Waals surface area contributed by atoms with Crippen LogP contribution in [0.25, 0.3) is 0 Å². The minimum atomic E-state index is -1.49. The summed E-state index contributed by atoms with van der Waals surface area (Å²) < 4.78 is 10.2. The van der Waals surface area contributed by atoms with E-state index < -0.39 is 49.1 Å². The lowest BCUT2D eigenvalue weighted by Crippen LogP contribution is -2.65. The van der Waals surface area contributed by atoms with E-state index in [2.05, 4.69) is 5.32 Å². The number of unbranched alkanes of at least 4 members (excludes halogenated alkanes) is 1. The van der Waals surface area contributed by atoms with Gasteiger partial charge < -0.3 is 30.1 Å². The standard InChI is InChI=1S/C13H23NO7/c1-3-4-5-9(17)21-12-10(14-7(2)16)13(19)20-8(6-15)11(12)18/h8,10-13,15,18-19H,3-6H2,1-2H3,(H,14,16)/t8-,10+,11-,12-,13+/m1/s1. The maximum atomic E-state index is 11.7. The maximum Gasteiger partial charge on any atom is 0.306 e. The Labute approximate surface area is 123 Å². The molecule has 0 aromatic carbocycles.